The summed E-state index contributed by atoms with van der Waals surface area (Å²) in [6.07, 6.45) is 7.26. The molecular formula is C23H26N4O2. The first-order valence-electron chi connectivity index (χ1n) is 10.2. The van der Waals surface area contributed by atoms with Crippen LogP contribution in [0.5, 0.6) is 0 Å². The minimum absolute atomic E-state index is 0.184. The fourth-order valence-corrected chi connectivity index (χ4v) is 4.05. The van der Waals surface area contributed by atoms with Gasteiger partial charge < -0.3 is 10.6 Å². The molecule has 1 aliphatic carbocycles. The molecule has 2 N–H and O–H groups in total. The predicted octanol–water partition coefficient (Wildman–Crippen LogP) is 4.27. The van der Waals surface area contributed by atoms with E-state index in [0.717, 1.165) is 42.5 Å². The van der Waals surface area contributed by atoms with Crippen molar-refractivity contribution in [2.24, 2.45) is 0 Å². The van der Waals surface area contributed by atoms with Gasteiger partial charge in [0, 0.05) is 17.9 Å². The normalized spacial score (nSPS) is 14.7. The number of nitrogens with one attached hydrogen (secondary N) is 2. The van der Waals surface area contributed by atoms with Gasteiger partial charge in [0.15, 0.2) is 5.69 Å². The first-order chi connectivity index (χ1) is 14.0. The van der Waals surface area contributed by atoms with Crippen molar-refractivity contribution in [3.8, 4) is 0 Å². The lowest BCUT2D eigenvalue weighted by Gasteiger charge is -2.22. The molecule has 150 valence electrons. The number of aromatic nitrogens is 2. The molecule has 0 atom stereocenters. The monoisotopic (exact) mass is 390 g/mol. The van der Waals surface area contributed by atoms with Gasteiger partial charge in [0.1, 0.15) is 0 Å². The van der Waals surface area contributed by atoms with Gasteiger partial charge in [0.2, 0.25) is 5.82 Å². The van der Waals surface area contributed by atoms with E-state index in [-0.39, 0.29) is 23.7 Å². The molecule has 6 heteroatoms. The smallest absolute Gasteiger partial charge is 0.292 e. The molecule has 4 rings (SSSR count). The summed E-state index contributed by atoms with van der Waals surface area (Å²) in [4.78, 5) is 30.4. The van der Waals surface area contributed by atoms with Crippen LogP contribution >= 0.6 is 0 Å². The zero-order chi connectivity index (χ0) is 20.4. The molecule has 0 saturated heterocycles. The molecule has 2 heterocycles. The first kappa shape index (κ1) is 19.2. The number of hydrogen-bond donors (Lipinski definition) is 2. The van der Waals surface area contributed by atoms with Crippen LogP contribution in [0.1, 0.15) is 64.3 Å². The van der Waals surface area contributed by atoms with Gasteiger partial charge in [0.05, 0.1) is 5.52 Å². The molecule has 1 saturated carbocycles. The van der Waals surface area contributed by atoms with Crippen molar-refractivity contribution in [1.29, 1.82) is 0 Å². The molecule has 1 aliphatic rings. The van der Waals surface area contributed by atoms with Gasteiger partial charge in [-0.15, -0.1) is 0 Å². The highest BCUT2D eigenvalue weighted by Crippen LogP contribution is 2.22. The van der Waals surface area contributed by atoms with E-state index in [4.69, 9.17) is 0 Å². The number of carbonyl (C=O) groups is 2. The van der Waals surface area contributed by atoms with Crippen LogP contribution in [-0.4, -0.2) is 27.2 Å². The molecular weight excluding hydrogens is 364 g/mol. The van der Waals surface area contributed by atoms with Crippen molar-refractivity contribution in [2.75, 3.05) is 5.32 Å². The van der Waals surface area contributed by atoms with Crippen LogP contribution in [0.15, 0.2) is 42.6 Å². The zero-order valence-electron chi connectivity index (χ0n) is 16.9. The van der Waals surface area contributed by atoms with E-state index in [9.17, 15) is 9.59 Å². The second-order valence-electron chi connectivity index (χ2n) is 7.77. The van der Waals surface area contributed by atoms with Crippen LogP contribution in [0.25, 0.3) is 5.52 Å². The van der Waals surface area contributed by atoms with Crippen LogP contribution in [0.3, 0.4) is 0 Å². The van der Waals surface area contributed by atoms with Crippen molar-refractivity contribution in [3.63, 3.8) is 0 Å². The lowest BCUT2D eigenvalue weighted by atomic mass is 9.95. The molecule has 0 unspecified atom stereocenters. The minimum atomic E-state index is -0.333. The molecule has 1 aromatic carbocycles. The standard InChI is InChI=1S/C23H26N4O2/c1-15-9-8-10-16(2)19(15)26-23(29)21-25-20(18-13-6-7-14-27(18)21)22(28)24-17-11-4-3-5-12-17/h6-10,13-14,17H,3-5,11-12H2,1-2H3,(H,24,28)(H,26,29). The third kappa shape index (κ3) is 3.88. The van der Waals surface area contributed by atoms with Gasteiger partial charge in [-0.25, -0.2) is 4.98 Å². The van der Waals surface area contributed by atoms with Crippen molar-refractivity contribution < 1.29 is 9.59 Å². The maximum absolute atomic E-state index is 13.0. The topological polar surface area (TPSA) is 75.5 Å². The number of rotatable bonds is 4. The fourth-order valence-electron chi connectivity index (χ4n) is 4.05. The highest BCUT2D eigenvalue weighted by Gasteiger charge is 2.24. The molecule has 0 bridgehead atoms. The van der Waals surface area contributed by atoms with Crippen molar-refractivity contribution >= 4 is 23.0 Å². The van der Waals surface area contributed by atoms with Crippen molar-refractivity contribution in [3.05, 3.63) is 65.2 Å². The molecule has 6 nitrogen and oxygen atoms in total. The number of nitrogens with zero attached hydrogens (tertiary/aromatic N) is 2. The van der Waals surface area contributed by atoms with Gasteiger partial charge in [0.25, 0.3) is 11.8 Å². The largest absolute Gasteiger partial charge is 0.348 e. The van der Waals surface area contributed by atoms with E-state index in [1.165, 1.54) is 6.42 Å². The van der Waals surface area contributed by atoms with Gasteiger partial charge in [-0.2, -0.15) is 0 Å². The number of pyridine rings is 1. The van der Waals surface area contributed by atoms with Gasteiger partial charge in [-0.05, 0) is 49.9 Å². The number of para-hydroxylation sites is 1. The van der Waals surface area contributed by atoms with Crippen LogP contribution in [0, 0.1) is 13.8 Å². The number of anilines is 1. The Kier molecular flexibility index (Phi) is 5.34. The lowest BCUT2D eigenvalue weighted by Crippen LogP contribution is -2.36. The second kappa shape index (κ2) is 8.07. The summed E-state index contributed by atoms with van der Waals surface area (Å²) in [5.41, 5.74) is 3.66. The quantitative estimate of drug-likeness (QED) is 0.699. The number of benzene rings is 1. The number of carbonyl (C=O) groups excluding carboxylic acids is 2. The maximum Gasteiger partial charge on any atom is 0.292 e. The third-order valence-electron chi connectivity index (χ3n) is 5.63. The van der Waals surface area contributed by atoms with Crippen LogP contribution < -0.4 is 10.6 Å². The summed E-state index contributed by atoms with van der Waals surface area (Å²) >= 11 is 0. The molecule has 0 spiro atoms. The Labute approximate surface area is 170 Å². The fraction of sp³-hybridized carbons (Fsp3) is 0.348. The molecule has 29 heavy (non-hydrogen) atoms. The van der Waals surface area contributed by atoms with Gasteiger partial charge in [-0.3, -0.25) is 14.0 Å². The van der Waals surface area contributed by atoms with Crippen molar-refractivity contribution in [1.82, 2.24) is 14.7 Å². The lowest BCUT2D eigenvalue weighted by molar-refractivity contribution is 0.0925. The Balaban J connectivity index is 1.65. The minimum Gasteiger partial charge on any atom is -0.348 e. The molecule has 3 aromatic rings. The molecule has 2 amide bonds. The Hall–Kier alpha value is -3.15. The van der Waals surface area contributed by atoms with Gasteiger partial charge in [-0.1, -0.05) is 43.5 Å². The van der Waals surface area contributed by atoms with E-state index < -0.39 is 0 Å². The number of amides is 2. The Morgan fingerprint density at radius 3 is 2.41 bits per heavy atom. The number of fused-ring (bicyclic) bond motifs is 1. The Morgan fingerprint density at radius 1 is 0.966 bits per heavy atom. The van der Waals surface area contributed by atoms with Crippen LogP contribution in [0.2, 0.25) is 0 Å². The average molecular weight is 390 g/mol. The van der Waals surface area contributed by atoms with E-state index >= 15 is 0 Å². The van der Waals surface area contributed by atoms with Crippen LogP contribution in [0.4, 0.5) is 5.69 Å². The van der Waals surface area contributed by atoms with Gasteiger partial charge >= 0.3 is 0 Å². The average Bonchev–Trinajstić information content (AvgIpc) is 3.11. The highest BCUT2D eigenvalue weighted by atomic mass is 16.2. The zero-order valence-corrected chi connectivity index (χ0v) is 16.9. The highest BCUT2D eigenvalue weighted by molar-refractivity contribution is 6.06. The molecule has 1 fully saturated rings. The van der Waals surface area contributed by atoms with E-state index in [1.807, 2.05) is 50.2 Å². The second-order valence-corrected chi connectivity index (χ2v) is 7.77. The number of aryl methyl sites for hydroxylation is 2. The molecule has 0 radical (unpaired) electrons. The summed E-state index contributed by atoms with van der Waals surface area (Å²) < 4.78 is 1.68. The van der Waals surface area contributed by atoms with E-state index in [1.54, 1.807) is 10.6 Å². The molecule has 2 aromatic heterocycles. The summed E-state index contributed by atoms with van der Waals surface area (Å²) in [7, 11) is 0. The summed E-state index contributed by atoms with van der Waals surface area (Å²) in [5, 5.41) is 6.07. The number of imidazole rings is 1. The summed E-state index contributed by atoms with van der Waals surface area (Å²) in [6, 6.07) is 11.5. The SMILES string of the molecule is Cc1cccc(C)c1NC(=O)c1nc(C(=O)NC2CCCCC2)c2ccccn12. The third-order valence-corrected chi connectivity index (χ3v) is 5.63. The molecule has 0 aliphatic heterocycles. The summed E-state index contributed by atoms with van der Waals surface area (Å²) in [6.45, 7) is 3.91. The predicted molar refractivity (Wildman–Crippen MR) is 113 cm³/mol. The Morgan fingerprint density at radius 2 is 1.69 bits per heavy atom. The summed E-state index contributed by atoms with van der Waals surface area (Å²) in [5.74, 6) is -0.343. The maximum atomic E-state index is 13.0. The van der Waals surface area contributed by atoms with Crippen molar-refractivity contribution in [2.45, 2.75) is 52.0 Å². The van der Waals surface area contributed by atoms with E-state index in [2.05, 4.69) is 15.6 Å². The Bertz CT molecular complexity index is 1040. The van der Waals surface area contributed by atoms with Crippen LogP contribution in [-0.2, 0) is 0 Å². The first-order valence-corrected chi connectivity index (χ1v) is 10.2. The van der Waals surface area contributed by atoms with E-state index in [0.29, 0.717) is 11.2 Å². The number of hydrogen-bond acceptors (Lipinski definition) is 3.